The normalized spacial score (nSPS) is 11.2. The number of amides is 2. The van der Waals surface area contributed by atoms with Gasteiger partial charge in [-0.1, -0.05) is 37.3 Å². The van der Waals surface area contributed by atoms with Crippen molar-refractivity contribution in [2.75, 3.05) is 19.8 Å². The molecule has 0 heterocycles. The van der Waals surface area contributed by atoms with Gasteiger partial charge < -0.3 is 14.8 Å². The average molecular weight is 399 g/mol. The molecule has 29 heavy (non-hydrogen) atoms. The number of carbonyl (C=O) groups excluding carboxylic acids is 2. The number of hydrogen-bond acceptors (Lipinski definition) is 5. The van der Waals surface area contributed by atoms with Crippen LogP contribution in [-0.2, 0) is 14.3 Å². The largest absolute Gasteiger partial charge is 0.493 e. The Morgan fingerprint density at radius 3 is 2.66 bits per heavy atom. The third kappa shape index (κ3) is 7.19. The Kier molecular flexibility index (Phi) is 9.11. The molecule has 2 amide bonds. The van der Waals surface area contributed by atoms with Crippen LogP contribution in [0.25, 0.3) is 10.8 Å². The summed E-state index contributed by atoms with van der Waals surface area (Å²) in [5.74, 6) is -0.868. The highest BCUT2D eigenvalue weighted by Gasteiger charge is 2.12. The number of nitrogens with one attached hydrogen (secondary N) is 2. The maximum atomic E-state index is 11.9. The summed E-state index contributed by atoms with van der Waals surface area (Å²) in [6, 6.07) is 11.7. The molecule has 0 aliphatic rings. The lowest BCUT2D eigenvalue weighted by molar-refractivity contribution is -0.139. The van der Waals surface area contributed by atoms with Gasteiger partial charge in [0.15, 0.2) is 0 Å². The summed E-state index contributed by atoms with van der Waals surface area (Å²) in [7, 11) is 0. The van der Waals surface area contributed by atoms with Crippen molar-refractivity contribution in [2.45, 2.75) is 39.7 Å². The Morgan fingerprint density at radius 2 is 1.90 bits per heavy atom. The summed E-state index contributed by atoms with van der Waals surface area (Å²) < 4.78 is 11.2. The van der Waals surface area contributed by atoms with E-state index in [0.717, 1.165) is 22.8 Å². The van der Waals surface area contributed by atoms with Crippen molar-refractivity contribution in [1.29, 1.82) is 0 Å². The van der Waals surface area contributed by atoms with Gasteiger partial charge in [-0.3, -0.25) is 9.59 Å². The molecule has 2 aromatic rings. The molecular weight excluding hydrogens is 370 g/mol. The topological polar surface area (TPSA) is 89.0 Å². The zero-order valence-electron chi connectivity index (χ0n) is 17.2. The molecule has 0 fully saturated rings. The fraction of sp³-hybridized carbons (Fsp3) is 0.409. The van der Waals surface area contributed by atoms with E-state index >= 15 is 0 Å². The summed E-state index contributed by atoms with van der Waals surface area (Å²) in [5, 5.41) is 8.49. The predicted molar refractivity (Wildman–Crippen MR) is 114 cm³/mol. The maximum absolute atomic E-state index is 11.9. The van der Waals surface area contributed by atoms with Crippen LogP contribution in [0.5, 0.6) is 5.75 Å². The van der Waals surface area contributed by atoms with Crippen molar-refractivity contribution in [3.05, 3.63) is 42.0 Å². The molecule has 0 bridgehead atoms. The molecular formula is C22H29N3O4. The minimum Gasteiger partial charge on any atom is -0.493 e. The summed E-state index contributed by atoms with van der Waals surface area (Å²) in [4.78, 5) is 23.8. The van der Waals surface area contributed by atoms with Crippen molar-refractivity contribution in [3.8, 4) is 5.75 Å². The average Bonchev–Trinajstić information content (AvgIpc) is 2.72. The molecule has 0 saturated heterocycles. The summed E-state index contributed by atoms with van der Waals surface area (Å²) in [5.41, 5.74) is 3.02. The number of rotatable bonds is 10. The highest BCUT2D eigenvalue weighted by Crippen LogP contribution is 2.26. The van der Waals surface area contributed by atoms with E-state index in [-0.39, 0.29) is 6.10 Å². The van der Waals surface area contributed by atoms with Crippen molar-refractivity contribution < 1.29 is 19.1 Å². The molecule has 0 radical (unpaired) electrons. The highest BCUT2D eigenvalue weighted by atomic mass is 16.5. The minimum atomic E-state index is -0.817. The standard InChI is InChI=1S/C22H29N3O4/c1-4-13-29-20-11-10-17-8-5-6-9-18(17)19(20)15-24-25-22(27)21(26)23-12-7-14-28-16(2)3/h5-6,8-11,15-16H,4,7,12-14H2,1-3H3,(H,23,26)(H,25,27)/b24-15-. The van der Waals surface area contributed by atoms with E-state index in [4.69, 9.17) is 9.47 Å². The number of hydrogen-bond donors (Lipinski definition) is 2. The first-order valence-corrected chi connectivity index (χ1v) is 9.90. The molecule has 2 rings (SSSR count). The minimum absolute atomic E-state index is 0.142. The molecule has 0 atom stereocenters. The van der Waals surface area contributed by atoms with Gasteiger partial charge in [0.05, 0.1) is 18.9 Å². The molecule has 0 aromatic heterocycles. The van der Waals surface area contributed by atoms with Crippen LogP contribution in [0, 0.1) is 0 Å². The van der Waals surface area contributed by atoms with Crippen molar-refractivity contribution in [1.82, 2.24) is 10.7 Å². The van der Waals surface area contributed by atoms with Crippen LogP contribution >= 0.6 is 0 Å². The van der Waals surface area contributed by atoms with E-state index in [1.807, 2.05) is 57.2 Å². The number of carbonyl (C=O) groups is 2. The maximum Gasteiger partial charge on any atom is 0.329 e. The first-order chi connectivity index (χ1) is 14.0. The van der Waals surface area contributed by atoms with Crippen LogP contribution in [0.4, 0.5) is 0 Å². The van der Waals surface area contributed by atoms with Crippen LogP contribution in [0.1, 0.15) is 39.2 Å². The summed E-state index contributed by atoms with van der Waals surface area (Å²) in [6.07, 6.45) is 3.16. The van der Waals surface area contributed by atoms with Gasteiger partial charge in [0.2, 0.25) is 0 Å². The lowest BCUT2D eigenvalue weighted by Crippen LogP contribution is -2.38. The van der Waals surface area contributed by atoms with Gasteiger partial charge in [-0.05, 0) is 43.5 Å². The van der Waals surface area contributed by atoms with E-state index in [2.05, 4.69) is 15.8 Å². The van der Waals surface area contributed by atoms with Crippen molar-refractivity contribution in [2.24, 2.45) is 5.10 Å². The Labute approximate surface area is 171 Å². The van der Waals surface area contributed by atoms with Crippen molar-refractivity contribution in [3.63, 3.8) is 0 Å². The van der Waals surface area contributed by atoms with Gasteiger partial charge in [-0.15, -0.1) is 0 Å². The Morgan fingerprint density at radius 1 is 1.10 bits per heavy atom. The van der Waals surface area contributed by atoms with E-state index in [9.17, 15) is 9.59 Å². The molecule has 0 unspecified atom stereocenters. The Hall–Kier alpha value is -2.93. The van der Waals surface area contributed by atoms with E-state index in [1.165, 1.54) is 6.21 Å². The van der Waals surface area contributed by atoms with E-state index < -0.39 is 11.8 Å². The summed E-state index contributed by atoms with van der Waals surface area (Å²) >= 11 is 0. The van der Waals surface area contributed by atoms with Crippen molar-refractivity contribution >= 4 is 28.8 Å². The molecule has 0 spiro atoms. The molecule has 2 N–H and O–H groups in total. The molecule has 7 heteroatoms. The third-order valence-electron chi connectivity index (χ3n) is 4.02. The van der Waals surface area contributed by atoms with Crippen LogP contribution in [-0.4, -0.2) is 43.9 Å². The molecule has 0 aliphatic heterocycles. The van der Waals surface area contributed by atoms with E-state index in [1.54, 1.807) is 0 Å². The summed E-state index contributed by atoms with van der Waals surface area (Å²) in [6.45, 7) is 7.38. The Balaban J connectivity index is 1.97. The molecule has 156 valence electrons. The fourth-order valence-electron chi connectivity index (χ4n) is 2.63. The zero-order valence-corrected chi connectivity index (χ0v) is 17.2. The smallest absolute Gasteiger partial charge is 0.329 e. The van der Waals surface area contributed by atoms with Gasteiger partial charge in [-0.2, -0.15) is 5.10 Å². The highest BCUT2D eigenvalue weighted by molar-refractivity contribution is 6.35. The molecule has 2 aromatic carbocycles. The van der Waals surface area contributed by atoms with Gasteiger partial charge in [-0.25, -0.2) is 5.43 Å². The first kappa shape index (κ1) is 22.4. The van der Waals surface area contributed by atoms with Gasteiger partial charge in [0.1, 0.15) is 5.75 Å². The second-order valence-electron chi connectivity index (χ2n) is 6.78. The predicted octanol–water partition coefficient (Wildman–Crippen LogP) is 3.01. The van der Waals surface area contributed by atoms with Gasteiger partial charge >= 0.3 is 11.8 Å². The van der Waals surface area contributed by atoms with Crippen LogP contribution < -0.4 is 15.5 Å². The third-order valence-corrected chi connectivity index (χ3v) is 4.02. The lowest BCUT2D eigenvalue weighted by atomic mass is 10.0. The number of hydrazone groups is 1. The monoisotopic (exact) mass is 399 g/mol. The lowest BCUT2D eigenvalue weighted by Gasteiger charge is -2.11. The molecule has 0 aliphatic carbocycles. The number of benzene rings is 2. The molecule has 0 saturated carbocycles. The SMILES string of the molecule is CCCOc1ccc2ccccc2c1/C=N\NC(=O)C(=O)NCCCOC(C)C. The fourth-order valence-corrected chi connectivity index (χ4v) is 2.63. The number of fused-ring (bicyclic) bond motifs is 1. The second-order valence-corrected chi connectivity index (χ2v) is 6.78. The first-order valence-electron chi connectivity index (χ1n) is 9.90. The molecule has 7 nitrogen and oxygen atoms in total. The Bertz CT molecular complexity index is 849. The van der Waals surface area contributed by atoms with Gasteiger partial charge in [0.25, 0.3) is 0 Å². The van der Waals surface area contributed by atoms with Crippen LogP contribution in [0.3, 0.4) is 0 Å². The number of ether oxygens (including phenoxy) is 2. The zero-order chi connectivity index (χ0) is 21.1. The van der Waals surface area contributed by atoms with E-state index in [0.29, 0.717) is 31.9 Å². The van der Waals surface area contributed by atoms with Crippen LogP contribution in [0.2, 0.25) is 0 Å². The quantitative estimate of drug-likeness (QED) is 0.278. The number of nitrogens with zero attached hydrogens (tertiary/aromatic N) is 1. The second kappa shape index (κ2) is 11.8. The van der Waals surface area contributed by atoms with Crippen LogP contribution in [0.15, 0.2) is 41.5 Å². The van der Waals surface area contributed by atoms with Gasteiger partial charge in [0, 0.05) is 18.7 Å².